The minimum atomic E-state index is 0.509. The summed E-state index contributed by atoms with van der Waals surface area (Å²) >= 11 is 0. The highest BCUT2D eigenvalue weighted by atomic mass is 16.5. The molecule has 0 aromatic rings. The van der Waals surface area contributed by atoms with E-state index in [0.29, 0.717) is 12.1 Å². The molecule has 0 heterocycles. The van der Waals surface area contributed by atoms with Crippen LogP contribution in [0.25, 0.3) is 0 Å². The minimum absolute atomic E-state index is 0.509. The zero-order chi connectivity index (χ0) is 10.6. The van der Waals surface area contributed by atoms with E-state index in [1.54, 1.807) is 7.11 Å². The van der Waals surface area contributed by atoms with Crippen LogP contribution in [0.1, 0.15) is 19.8 Å². The Morgan fingerprint density at radius 2 is 2.14 bits per heavy atom. The van der Waals surface area contributed by atoms with E-state index in [-0.39, 0.29) is 0 Å². The lowest BCUT2D eigenvalue weighted by atomic mass is 10.1. The lowest BCUT2D eigenvalue weighted by Gasteiger charge is -2.28. The molecule has 1 fully saturated rings. The lowest BCUT2D eigenvalue weighted by Crippen LogP contribution is -2.44. The van der Waals surface area contributed by atoms with Crippen molar-refractivity contribution in [2.45, 2.75) is 31.8 Å². The van der Waals surface area contributed by atoms with Crippen LogP contribution >= 0.6 is 0 Å². The van der Waals surface area contributed by atoms with Gasteiger partial charge in [-0.25, -0.2) is 0 Å². The zero-order valence-corrected chi connectivity index (χ0v) is 9.92. The first-order valence-corrected chi connectivity index (χ1v) is 5.55. The number of nitrogens with zero attached hydrogens (tertiary/aromatic N) is 1. The quantitative estimate of drug-likeness (QED) is 0.662. The van der Waals surface area contributed by atoms with Crippen molar-refractivity contribution in [3.05, 3.63) is 0 Å². The predicted molar refractivity (Wildman–Crippen MR) is 59.5 cm³/mol. The topological polar surface area (TPSA) is 24.5 Å². The number of likely N-dealkylation sites (N-methyl/N-ethyl adjacent to an activating group) is 2. The van der Waals surface area contributed by atoms with Gasteiger partial charge in [0.05, 0.1) is 6.61 Å². The van der Waals surface area contributed by atoms with Gasteiger partial charge in [0.1, 0.15) is 0 Å². The molecule has 1 saturated carbocycles. The van der Waals surface area contributed by atoms with Crippen LogP contribution < -0.4 is 5.32 Å². The minimum Gasteiger partial charge on any atom is -0.383 e. The Labute approximate surface area is 87.8 Å². The van der Waals surface area contributed by atoms with E-state index in [9.17, 15) is 0 Å². The Morgan fingerprint density at radius 3 is 2.57 bits per heavy atom. The van der Waals surface area contributed by atoms with Gasteiger partial charge in [-0.15, -0.1) is 0 Å². The van der Waals surface area contributed by atoms with E-state index >= 15 is 0 Å². The third-order valence-corrected chi connectivity index (χ3v) is 3.21. The summed E-state index contributed by atoms with van der Waals surface area (Å²) in [7, 11) is 6.01. The molecule has 3 nitrogen and oxygen atoms in total. The van der Waals surface area contributed by atoms with Crippen LogP contribution in [0.2, 0.25) is 0 Å². The molecule has 0 radical (unpaired) electrons. The SMILES string of the molecule is CNC(CN(C)C(C)COC)C1CC1. The highest BCUT2D eigenvalue weighted by Gasteiger charge is 2.31. The van der Waals surface area contributed by atoms with Gasteiger partial charge < -0.3 is 10.1 Å². The number of nitrogens with one attached hydrogen (secondary N) is 1. The van der Waals surface area contributed by atoms with Gasteiger partial charge in [-0.2, -0.15) is 0 Å². The third kappa shape index (κ3) is 3.56. The van der Waals surface area contributed by atoms with Crippen LogP contribution in [0.4, 0.5) is 0 Å². The van der Waals surface area contributed by atoms with Crippen molar-refractivity contribution < 1.29 is 4.74 Å². The molecule has 1 aliphatic carbocycles. The van der Waals surface area contributed by atoms with Gasteiger partial charge in [0.2, 0.25) is 0 Å². The van der Waals surface area contributed by atoms with E-state index in [2.05, 4.69) is 31.2 Å². The average molecular weight is 200 g/mol. The molecule has 2 unspecified atom stereocenters. The van der Waals surface area contributed by atoms with Crippen molar-refractivity contribution in [3.8, 4) is 0 Å². The lowest BCUT2D eigenvalue weighted by molar-refractivity contribution is 0.108. The van der Waals surface area contributed by atoms with Crippen molar-refractivity contribution >= 4 is 0 Å². The molecule has 0 aromatic carbocycles. The monoisotopic (exact) mass is 200 g/mol. The smallest absolute Gasteiger partial charge is 0.0615 e. The molecular formula is C11H24N2O. The summed E-state index contributed by atoms with van der Waals surface area (Å²) in [4.78, 5) is 2.38. The van der Waals surface area contributed by atoms with E-state index in [0.717, 1.165) is 19.1 Å². The van der Waals surface area contributed by atoms with Gasteiger partial charge in [0.25, 0.3) is 0 Å². The molecule has 84 valence electrons. The van der Waals surface area contributed by atoms with Crippen LogP contribution in [0.3, 0.4) is 0 Å². The van der Waals surface area contributed by atoms with Gasteiger partial charge in [0, 0.05) is 25.7 Å². The zero-order valence-electron chi connectivity index (χ0n) is 9.92. The second-order valence-corrected chi connectivity index (χ2v) is 4.48. The summed E-state index contributed by atoms with van der Waals surface area (Å²) in [5.74, 6) is 0.914. The Bertz CT molecular complexity index is 159. The van der Waals surface area contributed by atoms with Crippen molar-refractivity contribution in [1.29, 1.82) is 0 Å². The van der Waals surface area contributed by atoms with Crippen molar-refractivity contribution in [2.24, 2.45) is 5.92 Å². The van der Waals surface area contributed by atoms with Gasteiger partial charge in [0.15, 0.2) is 0 Å². The molecule has 2 atom stereocenters. The number of ether oxygens (including phenoxy) is 1. The molecule has 1 rings (SSSR count). The molecule has 0 saturated heterocycles. The number of hydrogen-bond acceptors (Lipinski definition) is 3. The summed E-state index contributed by atoms with van der Waals surface area (Å²) in [5, 5.41) is 3.41. The summed E-state index contributed by atoms with van der Waals surface area (Å²) in [6, 6.07) is 1.17. The first kappa shape index (κ1) is 12.0. The molecule has 0 aromatic heterocycles. The van der Waals surface area contributed by atoms with Crippen molar-refractivity contribution in [1.82, 2.24) is 10.2 Å². The highest BCUT2D eigenvalue weighted by molar-refractivity contribution is 4.87. The number of rotatable bonds is 7. The van der Waals surface area contributed by atoms with E-state index in [4.69, 9.17) is 4.74 Å². The fourth-order valence-electron chi connectivity index (χ4n) is 1.83. The Morgan fingerprint density at radius 1 is 1.50 bits per heavy atom. The fraction of sp³-hybridized carbons (Fsp3) is 1.00. The number of methoxy groups -OCH3 is 1. The van der Waals surface area contributed by atoms with E-state index in [1.807, 2.05) is 0 Å². The van der Waals surface area contributed by atoms with Crippen LogP contribution in [-0.2, 0) is 4.74 Å². The van der Waals surface area contributed by atoms with Crippen LogP contribution in [0, 0.1) is 5.92 Å². The molecule has 0 bridgehead atoms. The maximum absolute atomic E-state index is 5.15. The molecular weight excluding hydrogens is 176 g/mol. The second-order valence-electron chi connectivity index (χ2n) is 4.48. The van der Waals surface area contributed by atoms with Crippen LogP contribution in [0.5, 0.6) is 0 Å². The molecule has 1 N–H and O–H groups in total. The summed E-state index contributed by atoms with van der Waals surface area (Å²) in [6.45, 7) is 4.16. The average Bonchev–Trinajstić information content (AvgIpc) is 2.97. The van der Waals surface area contributed by atoms with Gasteiger partial charge in [-0.1, -0.05) is 0 Å². The Kier molecular flexibility index (Phi) is 4.85. The molecule has 0 aliphatic heterocycles. The van der Waals surface area contributed by atoms with Crippen molar-refractivity contribution in [2.75, 3.05) is 34.4 Å². The molecule has 14 heavy (non-hydrogen) atoms. The highest BCUT2D eigenvalue weighted by Crippen LogP contribution is 2.32. The first-order chi connectivity index (χ1) is 6.69. The normalized spacial score (nSPS) is 21.2. The van der Waals surface area contributed by atoms with E-state index < -0.39 is 0 Å². The van der Waals surface area contributed by atoms with Gasteiger partial charge in [-0.05, 0) is 39.8 Å². The van der Waals surface area contributed by atoms with Crippen molar-refractivity contribution in [3.63, 3.8) is 0 Å². The molecule has 0 amide bonds. The van der Waals surface area contributed by atoms with E-state index in [1.165, 1.54) is 12.8 Å². The van der Waals surface area contributed by atoms with Gasteiger partial charge in [-0.3, -0.25) is 4.90 Å². The second kappa shape index (κ2) is 5.69. The predicted octanol–water partition coefficient (Wildman–Crippen LogP) is 0.951. The molecule has 3 heteroatoms. The molecule has 0 spiro atoms. The number of hydrogen-bond donors (Lipinski definition) is 1. The third-order valence-electron chi connectivity index (χ3n) is 3.21. The maximum atomic E-state index is 5.15. The van der Waals surface area contributed by atoms with Crippen LogP contribution in [-0.4, -0.2) is 51.3 Å². The Balaban J connectivity index is 2.25. The standard InChI is InChI=1S/C11H24N2O/c1-9(8-14-4)13(3)7-11(12-2)10-5-6-10/h9-12H,5-8H2,1-4H3. The Hall–Kier alpha value is -0.120. The summed E-state index contributed by atoms with van der Waals surface area (Å²) in [6.07, 6.45) is 2.80. The first-order valence-electron chi connectivity index (χ1n) is 5.55. The van der Waals surface area contributed by atoms with Crippen LogP contribution in [0.15, 0.2) is 0 Å². The molecule has 1 aliphatic rings. The summed E-state index contributed by atoms with van der Waals surface area (Å²) in [5.41, 5.74) is 0. The maximum Gasteiger partial charge on any atom is 0.0615 e. The summed E-state index contributed by atoms with van der Waals surface area (Å²) < 4.78 is 5.15. The largest absolute Gasteiger partial charge is 0.383 e. The van der Waals surface area contributed by atoms with Gasteiger partial charge >= 0.3 is 0 Å². The fourth-order valence-corrected chi connectivity index (χ4v) is 1.83.